The van der Waals surface area contributed by atoms with Crippen LogP contribution in [-0.4, -0.2) is 41.4 Å². The lowest BCUT2D eigenvalue weighted by Gasteiger charge is -2.34. The average molecular weight is 454 g/mol. The van der Waals surface area contributed by atoms with Crippen LogP contribution in [0.2, 0.25) is 0 Å². The van der Waals surface area contributed by atoms with Crippen molar-refractivity contribution in [3.05, 3.63) is 52.6 Å². The molecule has 2 aliphatic carbocycles. The van der Waals surface area contributed by atoms with Gasteiger partial charge in [-0.2, -0.15) is 13.2 Å². The monoisotopic (exact) mass is 453 g/mol. The van der Waals surface area contributed by atoms with Crippen molar-refractivity contribution in [3.63, 3.8) is 0 Å². The third kappa shape index (κ3) is 5.22. The quantitative estimate of drug-likeness (QED) is 0.533. The minimum atomic E-state index is -4.41. The Bertz CT molecular complexity index is 883. The van der Waals surface area contributed by atoms with E-state index in [1.54, 1.807) is 6.08 Å². The van der Waals surface area contributed by atoms with Crippen LogP contribution in [-0.2, 0) is 11.0 Å². The second-order valence-electron chi connectivity index (χ2n) is 8.49. The number of benzene rings is 1. The number of nitrogens with zero attached hydrogens (tertiary/aromatic N) is 1. The van der Waals surface area contributed by atoms with Gasteiger partial charge >= 0.3 is 12.1 Å². The first-order chi connectivity index (χ1) is 14.8. The largest absolute Gasteiger partial charge is 0.493 e. The molecule has 1 aromatic rings. The minimum absolute atomic E-state index is 0.158. The lowest BCUT2D eigenvalue weighted by molar-refractivity contribution is -0.137. The van der Waals surface area contributed by atoms with E-state index in [2.05, 4.69) is 4.90 Å². The molecule has 1 heterocycles. The number of ether oxygens (including phenoxy) is 1. The number of fused-ring (bicyclic) bond motifs is 2. The molecule has 3 atom stereocenters. The van der Waals surface area contributed by atoms with Crippen LogP contribution in [0.5, 0.6) is 5.75 Å². The van der Waals surface area contributed by atoms with Crippen molar-refractivity contribution < 1.29 is 27.8 Å². The van der Waals surface area contributed by atoms with Gasteiger partial charge in [0.2, 0.25) is 0 Å². The lowest BCUT2D eigenvalue weighted by atomic mass is 9.88. The van der Waals surface area contributed by atoms with Gasteiger partial charge in [-0.15, -0.1) is 11.8 Å². The van der Waals surface area contributed by atoms with Crippen LogP contribution in [0.4, 0.5) is 13.2 Å². The molecule has 1 N–H and O–H groups in total. The van der Waals surface area contributed by atoms with Crippen LogP contribution in [0.3, 0.4) is 0 Å². The van der Waals surface area contributed by atoms with Crippen LogP contribution in [0.1, 0.15) is 31.2 Å². The molecule has 2 bridgehead atoms. The van der Waals surface area contributed by atoms with E-state index < -0.39 is 17.7 Å². The highest BCUT2D eigenvalue weighted by atomic mass is 32.2. The molecule has 4 nitrogen and oxygen atoms in total. The molecule has 1 aromatic carbocycles. The fourth-order valence-corrected chi connectivity index (χ4v) is 6.06. The van der Waals surface area contributed by atoms with E-state index in [1.165, 1.54) is 49.6 Å². The number of thioether (sulfide) groups is 1. The summed E-state index contributed by atoms with van der Waals surface area (Å²) in [7, 11) is 0. The molecule has 0 saturated heterocycles. The maximum atomic E-state index is 12.9. The number of hydrogen-bond donors (Lipinski definition) is 1. The van der Waals surface area contributed by atoms with Crippen molar-refractivity contribution in [1.82, 2.24) is 4.90 Å². The predicted molar refractivity (Wildman–Crippen MR) is 114 cm³/mol. The molecule has 168 valence electrons. The molecule has 4 rings (SSSR count). The number of carbonyl (C=O) groups is 1. The first kappa shape index (κ1) is 22.1. The van der Waals surface area contributed by atoms with Crippen molar-refractivity contribution in [2.45, 2.75) is 31.9 Å². The minimum Gasteiger partial charge on any atom is -0.493 e. The third-order valence-corrected chi connectivity index (χ3v) is 7.57. The van der Waals surface area contributed by atoms with Gasteiger partial charge in [0.1, 0.15) is 5.75 Å². The van der Waals surface area contributed by atoms with Gasteiger partial charge in [-0.1, -0.05) is 18.6 Å². The van der Waals surface area contributed by atoms with Gasteiger partial charge in [0.05, 0.1) is 22.8 Å². The molecule has 3 unspecified atom stereocenters. The lowest BCUT2D eigenvalue weighted by Crippen LogP contribution is -2.34. The van der Waals surface area contributed by atoms with Crippen LogP contribution in [0, 0.1) is 17.8 Å². The number of halogens is 3. The Balaban J connectivity index is 1.37. The molecule has 31 heavy (non-hydrogen) atoms. The SMILES string of the molecule is O=C(O)C1=C(SCCOc2cccc(C(F)(F)F)c2)N(CC2CC3CCC2C3)CC=C1. The topological polar surface area (TPSA) is 49.8 Å². The highest BCUT2D eigenvalue weighted by Gasteiger charge is 2.40. The Labute approximate surface area is 184 Å². The van der Waals surface area contributed by atoms with Crippen LogP contribution in [0.15, 0.2) is 47.0 Å². The Kier molecular flexibility index (Phi) is 6.55. The maximum absolute atomic E-state index is 12.9. The Hall–Kier alpha value is -2.09. The molecule has 0 radical (unpaired) electrons. The third-order valence-electron chi connectivity index (χ3n) is 6.45. The van der Waals surface area contributed by atoms with E-state index >= 15 is 0 Å². The molecule has 3 aliphatic rings. The number of aliphatic carboxylic acids is 1. The Morgan fingerprint density at radius 2 is 2.10 bits per heavy atom. The summed E-state index contributed by atoms with van der Waals surface area (Å²) in [6.45, 7) is 1.73. The summed E-state index contributed by atoms with van der Waals surface area (Å²) in [5.74, 6) is 1.83. The van der Waals surface area contributed by atoms with Gasteiger partial charge in [0.15, 0.2) is 0 Å². The van der Waals surface area contributed by atoms with Crippen molar-refractivity contribution in [3.8, 4) is 5.75 Å². The smallest absolute Gasteiger partial charge is 0.416 e. The zero-order valence-electron chi connectivity index (χ0n) is 17.1. The predicted octanol–water partition coefficient (Wildman–Crippen LogP) is 5.42. The fraction of sp³-hybridized carbons (Fsp3) is 0.522. The molecule has 0 aromatic heterocycles. The molecule has 1 aliphatic heterocycles. The summed E-state index contributed by atoms with van der Waals surface area (Å²) in [4.78, 5) is 13.9. The summed E-state index contributed by atoms with van der Waals surface area (Å²) in [5.41, 5.74) is -0.471. The van der Waals surface area contributed by atoms with Gasteiger partial charge in [0.25, 0.3) is 0 Å². The van der Waals surface area contributed by atoms with Crippen molar-refractivity contribution in [1.29, 1.82) is 0 Å². The Morgan fingerprint density at radius 1 is 1.26 bits per heavy atom. The fourth-order valence-electron chi connectivity index (χ4n) is 5.05. The maximum Gasteiger partial charge on any atom is 0.416 e. The van der Waals surface area contributed by atoms with E-state index in [-0.39, 0.29) is 17.9 Å². The average Bonchev–Trinajstić information content (AvgIpc) is 3.34. The highest BCUT2D eigenvalue weighted by molar-refractivity contribution is 8.03. The van der Waals surface area contributed by atoms with E-state index in [9.17, 15) is 23.1 Å². The van der Waals surface area contributed by atoms with Gasteiger partial charge in [-0.25, -0.2) is 4.79 Å². The molecular weight excluding hydrogens is 427 g/mol. The summed E-state index contributed by atoms with van der Waals surface area (Å²) in [6, 6.07) is 4.80. The molecule has 0 amide bonds. The summed E-state index contributed by atoms with van der Waals surface area (Å²) < 4.78 is 44.1. The van der Waals surface area contributed by atoms with Crippen molar-refractivity contribution in [2.24, 2.45) is 17.8 Å². The molecule has 8 heteroatoms. The van der Waals surface area contributed by atoms with Gasteiger partial charge in [-0.05, 0) is 61.3 Å². The molecule has 2 saturated carbocycles. The molecule has 0 spiro atoms. The van der Waals surface area contributed by atoms with E-state index in [4.69, 9.17) is 4.74 Å². The first-order valence-electron chi connectivity index (χ1n) is 10.6. The summed E-state index contributed by atoms with van der Waals surface area (Å²) in [5, 5.41) is 10.4. The van der Waals surface area contributed by atoms with Crippen molar-refractivity contribution in [2.75, 3.05) is 25.4 Å². The van der Waals surface area contributed by atoms with Gasteiger partial charge in [0, 0.05) is 18.8 Å². The summed E-state index contributed by atoms with van der Waals surface area (Å²) >= 11 is 1.40. The first-order valence-corrected chi connectivity index (χ1v) is 11.6. The van der Waals surface area contributed by atoms with E-state index in [0.717, 1.165) is 35.5 Å². The summed E-state index contributed by atoms with van der Waals surface area (Å²) in [6.07, 6.45) is 4.26. The van der Waals surface area contributed by atoms with Crippen LogP contribution in [0.25, 0.3) is 0 Å². The van der Waals surface area contributed by atoms with Gasteiger partial charge in [-0.3, -0.25) is 0 Å². The standard InChI is InChI=1S/C23H26F3NO3S/c24-23(25,26)18-3-1-4-19(13-18)30-9-10-31-21-20(22(28)29)5-2-8-27(21)14-17-12-15-6-7-16(17)11-15/h1-5,13,15-17H,6-12,14H2,(H,28,29). The Morgan fingerprint density at radius 3 is 2.77 bits per heavy atom. The number of hydrogen-bond acceptors (Lipinski definition) is 4. The number of carboxylic acid groups (broad SMARTS) is 1. The van der Waals surface area contributed by atoms with Gasteiger partial charge < -0.3 is 14.7 Å². The van der Waals surface area contributed by atoms with E-state index in [1.807, 2.05) is 6.08 Å². The second kappa shape index (κ2) is 9.18. The van der Waals surface area contributed by atoms with Crippen LogP contribution < -0.4 is 4.74 Å². The van der Waals surface area contributed by atoms with Crippen LogP contribution >= 0.6 is 11.8 Å². The zero-order valence-corrected chi connectivity index (χ0v) is 17.9. The number of rotatable bonds is 8. The zero-order chi connectivity index (χ0) is 22.0. The number of carboxylic acids is 1. The highest BCUT2D eigenvalue weighted by Crippen LogP contribution is 2.49. The van der Waals surface area contributed by atoms with Crippen molar-refractivity contribution >= 4 is 17.7 Å². The second-order valence-corrected chi connectivity index (χ2v) is 9.57. The van der Waals surface area contributed by atoms with E-state index in [0.29, 0.717) is 18.2 Å². The number of alkyl halides is 3. The normalized spacial score (nSPS) is 25.4. The molecule has 2 fully saturated rings. The molecular formula is C23H26F3NO3S.